The van der Waals surface area contributed by atoms with E-state index in [0.717, 1.165) is 59.2 Å². The van der Waals surface area contributed by atoms with Gasteiger partial charge in [0.2, 0.25) is 5.91 Å². The van der Waals surface area contributed by atoms with Crippen molar-refractivity contribution in [3.8, 4) is 0 Å². The van der Waals surface area contributed by atoms with E-state index >= 15 is 0 Å². The Morgan fingerprint density at radius 2 is 1.50 bits per heavy atom. The maximum Gasteiger partial charge on any atom is 0.408 e. The van der Waals surface area contributed by atoms with Crippen molar-refractivity contribution in [1.82, 2.24) is 10.2 Å². The summed E-state index contributed by atoms with van der Waals surface area (Å²) < 4.78 is 5.52. The zero-order valence-electron chi connectivity index (χ0n) is 27.5. The zero-order valence-corrected chi connectivity index (χ0v) is 27.5. The molecule has 232 valence electrons. The Hall–Kier alpha value is -3.35. The number of hydrogen-bond acceptors (Lipinski definition) is 4. The van der Waals surface area contributed by atoms with E-state index in [0.29, 0.717) is 13.0 Å². The van der Waals surface area contributed by atoms with E-state index in [1.807, 2.05) is 71.9 Å². The Bertz CT molecular complexity index is 1170. The smallest absolute Gasteiger partial charge is 0.408 e. The van der Waals surface area contributed by atoms with Crippen LogP contribution in [0.25, 0.3) is 0 Å². The Morgan fingerprint density at radius 3 is 2.02 bits per heavy atom. The first-order valence-corrected chi connectivity index (χ1v) is 15.4. The largest absolute Gasteiger partial charge is 0.444 e. The highest BCUT2D eigenvalue weighted by atomic mass is 16.6. The molecular weight excluding hydrogens is 526 g/mol. The molecular formula is C35H53N3O4. The van der Waals surface area contributed by atoms with Gasteiger partial charge in [0, 0.05) is 12.2 Å². The molecule has 3 amide bonds. The van der Waals surface area contributed by atoms with E-state index in [-0.39, 0.29) is 17.7 Å². The number of hydrogen-bond donors (Lipinski definition) is 2. The molecule has 42 heavy (non-hydrogen) atoms. The van der Waals surface area contributed by atoms with E-state index in [4.69, 9.17) is 4.74 Å². The first-order chi connectivity index (χ1) is 19.6. The maximum absolute atomic E-state index is 14.5. The van der Waals surface area contributed by atoms with Crippen LogP contribution in [0.4, 0.5) is 10.5 Å². The summed E-state index contributed by atoms with van der Waals surface area (Å²) in [5.41, 5.74) is 4.72. The fourth-order valence-corrected chi connectivity index (χ4v) is 5.26. The molecule has 7 nitrogen and oxygen atoms in total. The van der Waals surface area contributed by atoms with Crippen molar-refractivity contribution in [3.63, 3.8) is 0 Å². The third kappa shape index (κ3) is 10.8. The Kier molecular flexibility index (Phi) is 13.1. The van der Waals surface area contributed by atoms with Gasteiger partial charge in [0.25, 0.3) is 5.91 Å². The van der Waals surface area contributed by atoms with Crippen molar-refractivity contribution >= 4 is 23.6 Å². The lowest BCUT2D eigenvalue weighted by molar-refractivity contribution is -0.141. The lowest BCUT2D eigenvalue weighted by Gasteiger charge is -2.35. The summed E-state index contributed by atoms with van der Waals surface area (Å²) >= 11 is 0. The highest BCUT2D eigenvalue weighted by Gasteiger charge is 2.37. The molecule has 0 radical (unpaired) electrons. The maximum atomic E-state index is 14.5. The van der Waals surface area contributed by atoms with Crippen molar-refractivity contribution < 1.29 is 19.1 Å². The van der Waals surface area contributed by atoms with E-state index in [2.05, 4.69) is 23.6 Å². The third-order valence-corrected chi connectivity index (χ3v) is 7.08. The number of nitrogens with one attached hydrogen (secondary N) is 2. The zero-order chi connectivity index (χ0) is 31.6. The SMILES string of the molecule is CCCCCCN(C(=O)C(CC(C)C)NC(=O)OC(C)(C)C)C(C(=O)Nc1c(C)cccc1C)c1cc(C)cc(C)c1. The average molecular weight is 580 g/mol. The van der Waals surface area contributed by atoms with Gasteiger partial charge in [-0.15, -0.1) is 0 Å². The minimum absolute atomic E-state index is 0.124. The first-order valence-electron chi connectivity index (χ1n) is 15.4. The van der Waals surface area contributed by atoms with Gasteiger partial charge in [0.15, 0.2) is 0 Å². The summed E-state index contributed by atoms with van der Waals surface area (Å²) in [5.74, 6) is -0.437. The van der Waals surface area contributed by atoms with Crippen LogP contribution in [0.5, 0.6) is 0 Å². The monoisotopic (exact) mass is 579 g/mol. The van der Waals surface area contributed by atoms with Gasteiger partial charge in [-0.2, -0.15) is 0 Å². The van der Waals surface area contributed by atoms with Crippen molar-refractivity contribution in [2.45, 2.75) is 119 Å². The number of carbonyl (C=O) groups excluding carboxylic acids is 3. The van der Waals surface area contributed by atoms with E-state index < -0.39 is 23.8 Å². The van der Waals surface area contributed by atoms with Gasteiger partial charge in [0.1, 0.15) is 17.7 Å². The molecule has 2 N–H and O–H groups in total. The summed E-state index contributed by atoms with van der Waals surface area (Å²) in [7, 11) is 0. The number of anilines is 1. The van der Waals surface area contributed by atoms with Gasteiger partial charge in [-0.1, -0.05) is 87.6 Å². The van der Waals surface area contributed by atoms with Crippen molar-refractivity contribution in [1.29, 1.82) is 0 Å². The van der Waals surface area contributed by atoms with Gasteiger partial charge in [-0.3, -0.25) is 9.59 Å². The summed E-state index contributed by atoms with van der Waals surface area (Å²) in [6.07, 6.45) is 3.55. The molecule has 0 aromatic heterocycles. The van der Waals surface area contributed by atoms with Gasteiger partial charge < -0.3 is 20.3 Å². The predicted molar refractivity (Wildman–Crippen MR) is 172 cm³/mol. The van der Waals surface area contributed by atoms with Crippen molar-refractivity contribution in [2.24, 2.45) is 5.92 Å². The summed E-state index contributed by atoms with van der Waals surface area (Å²) in [4.78, 5) is 43.4. The Labute approximate surface area is 253 Å². The quantitative estimate of drug-likeness (QED) is 0.236. The van der Waals surface area contributed by atoms with Crippen LogP contribution in [0.1, 0.15) is 108 Å². The lowest BCUT2D eigenvalue weighted by atomic mass is 9.96. The molecule has 7 heteroatoms. The second-order valence-electron chi connectivity index (χ2n) is 13.0. The van der Waals surface area contributed by atoms with Crippen LogP contribution < -0.4 is 10.6 Å². The third-order valence-electron chi connectivity index (χ3n) is 7.08. The number of nitrogens with zero attached hydrogens (tertiary/aromatic N) is 1. The molecule has 0 bridgehead atoms. The van der Waals surface area contributed by atoms with Crippen molar-refractivity contribution in [3.05, 3.63) is 64.2 Å². The molecule has 2 aromatic carbocycles. The number of aryl methyl sites for hydroxylation is 4. The molecule has 2 unspecified atom stereocenters. The fourth-order valence-electron chi connectivity index (χ4n) is 5.26. The average Bonchev–Trinajstić information content (AvgIpc) is 2.85. The molecule has 0 spiro atoms. The van der Waals surface area contributed by atoms with Gasteiger partial charge in [0.05, 0.1) is 0 Å². The van der Waals surface area contributed by atoms with Crippen LogP contribution in [-0.4, -0.2) is 41.0 Å². The molecule has 0 aliphatic heterocycles. The number of amides is 3. The first kappa shape index (κ1) is 34.8. The van der Waals surface area contributed by atoms with Crippen LogP contribution in [0.3, 0.4) is 0 Å². The molecule has 0 saturated heterocycles. The minimum atomic E-state index is -0.883. The van der Waals surface area contributed by atoms with Crippen molar-refractivity contribution in [2.75, 3.05) is 11.9 Å². The number of para-hydroxylation sites is 1. The van der Waals surface area contributed by atoms with Crippen LogP contribution >= 0.6 is 0 Å². The number of unbranched alkanes of at least 4 members (excludes halogenated alkanes) is 3. The lowest BCUT2D eigenvalue weighted by Crippen LogP contribution is -2.53. The molecule has 0 aliphatic rings. The highest BCUT2D eigenvalue weighted by Crippen LogP contribution is 2.29. The van der Waals surface area contributed by atoms with Crippen LogP contribution in [0.15, 0.2) is 36.4 Å². The molecule has 0 heterocycles. The second kappa shape index (κ2) is 15.8. The summed E-state index contributed by atoms with van der Waals surface area (Å²) in [5, 5.41) is 6.00. The predicted octanol–water partition coefficient (Wildman–Crippen LogP) is 7.95. The van der Waals surface area contributed by atoms with Crippen LogP contribution in [0, 0.1) is 33.6 Å². The number of alkyl carbamates (subject to hydrolysis) is 1. The Morgan fingerprint density at radius 1 is 0.905 bits per heavy atom. The summed E-state index contributed by atoms with van der Waals surface area (Å²) in [6, 6.07) is 10.2. The molecule has 2 aromatic rings. The van der Waals surface area contributed by atoms with Gasteiger partial charge in [-0.05, 0) is 83.9 Å². The van der Waals surface area contributed by atoms with Crippen LogP contribution in [0.2, 0.25) is 0 Å². The van der Waals surface area contributed by atoms with Gasteiger partial charge >= 0.3 is 6.09 Å². The van der Waals surface area contributed by atoms with Gasteiger partial charge in [-0.25, -0.2) is 4.79 Å². The minimum Gasteiger partial charge on any atom is -0.444 e. The number of ether oxygens (including phenoxy) is 1. The second-order valence-corrected chi connectivity index (χ2v) is 13.0. The van der Waals surface area contributed by atoms with E-state index in [1.165, 1.54) is 0 Å². The molecule has 2 atom stereocenters. The number of carbonyl (C=O) groups is 3. The number of rotatable bonds is 13. The highest BCUT2D eigenvalue weighted by molar-refractivity contribution is 6.00. The number of benzene rings is 2. The van der Waals surface area contributed by atoms with E-state index in [9.17, 15) is 14.4 Å². The van der Waals surface area contributed by atoms with Crippen LogP contribution in [-0.2, 0) is 14.3 Å². The molecule has 0 aliphatic carbocycles. The summed E-state index contributed by atoms with van der Waals surface area (Å²) in [6.45, 7) is 19.8. The fraction of sp³-hybridized carbons (Fsp3) is 0.571. The molecule has 0 saturated carbocycles. The van der Waals surface area contributed by atoms with E-state index in [1.54, 1.807) is 25.7 Å². The molecule has 0 fully saturated rings. The molecule has 2 rings (SSSR count). The normalized spacial score (nSPS) is 12.9. The Balaban J connectivity index is 2.63. The standard InChI is InChI=1S/C35H53N3O4/c1-11-12-13-14-18-38(33(40)29(19-23(2)3)36-34(41)42-35(8,9)10)31(28-21-24(4)20-25(5)22-28)32(39)37-30-26(6)16-15-17-27(30)7/h15-17,20-23,29,31H,11-14,18-19H2,1-10H3,(H,36,41)(H,37,39). The topological polar surface area (TPSA) is 87.7 Å².